The van der Waals surface area contributed by atoms with Crippen molar-refractivity contribution in [2.24, 2.45) is 0 Å². The highest BCUT2D eigenvalue weighted by atomic mass is 35.5. The highest BCUT2D eigenvalue weighted by Crippen LogP contribution is 2.28. The smallest absolute Gasteiger partial charge is 0.426 e. The molecule has 0 radical (unpaired) electrons. The van der Waals surface area contributed by atoms with Crippen LogP contribution < -0.4 is 4.74 Å². The van der Waals surface area contributed by atoms with Gasteiger partial charge in [0.05, 0.1) is 18.8 Å². The second kappa shape index (κ2) is 9.06. The molecular weight excluding hydrogens is 317 g/mol. The van der Waals surface area contributed by atoms with Crippen molar-refractivity contribution in [2.45, 2.75) is 45.1 Å². The van der Waals surface area contributed by atoms with Gasteiger partial charge in [0.15, 0.2) is 0 Å². The monoisotopic (exact) mass is 336 g/mol. The molecule has 2 atom stereocenters. The van der Waals surface area contributed by atoms with E-state index in [1.54, 1.807) is 0 Å². The molecule has 124 valence electrons. The topological polar surface area (TPSA) is 18.5 Å². The Balaban J connectivity index is 2.24. The normalized spacial score (nSPS) is 15.5. The van der Waals surface area contributed by atoms with Crippen LogP contribution in [0.4, 0.5) is 13.2 Å². The molecule has 6 heteroatoms. The van der Waals surface area contributed by atoms with Gasteiger partial charge in [-0.3, -0.25) is 0 Å². The lowest BCUT2D eigenvalue weighted by molar-refractivity contribution is -0.0852. The van der Waals surface area contributed by atoms with Gasteiger partial charge in [-0.05, 0) is 44.9 Å². The first-order valence-corrected chi connectivity index (χ1v) is 7.43. The van der Waals surface area contributed by atoms with E-state index in [1.165, 1.54) is 0 Å². The predicted octanol–water partition coefficient (Wildman–Crippen LogP) is 5.32. The summed E-state index contributed by atoms with van der Waals surface area (Å²) in [6.07, 6.45) is -2.41. The molecule has 2 nitrogen and oxygen atoms in total. The number of allylic oxidation sites excluding steroid dienone is 1. The van der Waals surface area contributed by atoms with Crippen LogP contribution in [0, 0.1) is 0 Å². The summed E-state index contributed by atoms with van der Waals surface area (Å²) in [5.74, 6) is 0.795. The molecule has 0 aromatic heterocycles. The lowest BCUT2D eigenvalue weighted by atomic mass is 10.1. The quantitative estimate of drug-likeness (QED) is 0.639. The first-order valence-electron chi connectivity index (χ1n) is 7.05. The average Bonchev–Trinajstić information content (AvgIpc) is 2.45. The molecule has 0 saturated heterocycles. The number of rotatable bonds is 8. The van der Waals surface area contributed by atoms with Crippen LogP contribution in [0.2, 0.25) is 0 Å². The number of para-hydroxylation sites is 1. The third kappa shape index (κ3) is 7.71. The van der Waals surface area contributed by atoms with E-state index in [9.17, 15) is 13.2 Å². The molecule has 1 aromatic rings. The Hall–Kier alpha value is -1.20. The van der Waals surface area contributed by atoms with Crippen molar-refractivity contribution in [2.75, 3.05) is 6.61 Å². The van der Waals surface area contributed by atoms with E-state index in [0.717, 1.165) is 18.2 Å². The van der Waals surface area contributed by atoms with E-state index in [-0.39, 0.29) is 18.8 Å². The molecule has 0 saturated carbocycles. The van der Waals surface area contributed by atoms with Crippen LogP contribution in [0.3, 0.4) is 0 Å². The molecule has 0 amide bonds. The average molecular weight is 337 g/mol. The molecule has 1 rings (SSSR count). The Labute approximate surface area is 133 Å². The Morgan fingerprint density at radius 3 is 2.32 bits per heavy atom. The summed E-state index contributed by atoms with van der Waals surface area (Å²) in [5, 5.41) is -1.15. The molecule has 0 bridgehead atoms. The molecule has 1 aromatic carbocycles. The standard InChI is InChI=1S/C16H20ClF3O2/c1-12(21-11-10-15(17)16(18,19)20)8-9-13(2)22-14-6-4-3-5-7-14/h3-7,10,12-13H,8-9,11H2,1-2H3/b15-10-. The molecule has 22 heavy (non-hydrogen) atoms. The fraction of sp³-hybridized carbons (Fsp3) is 0.500. The van der Waals surface area contributed by atoms with Crippen LogP contribution in [-0.4, -0.2) is 25.0 Å². The Morgan fingerprint density at radius 2 is 1.73 bits per heavy atom. The van der Waals surface area contributed by atoms with E-state index in [0.29, 0.717) is 6.42 Å². The van der Waals surface area contributed by atoms with Crippen LogP contribution in [-0.2, 0) is 4.74 Å². The minimum Gasteiger partial charge on any atom is -0.491 e. The van der Waals surface area contributed by atoms with Gasteiger partial charge in [0.25, 0.3) is 0 Å². The first-order chi connectivity index (χ1) is 10.3. The predicted molar refractivity (Wildman–Crippen MR) is 81.2 cm³/mol. The van der Waals surface area contributed by atoms with Crippen molar-refractivity contribution in [3.05, 3.63) is 41.4 Å². The van der Waals surface area contributed by atoms with Crippen LogP contribution in [0.25, 0.3) is 0 Å². The largest absolute Gasteiger partial charge is 0.491 e. The van der Waals surface area contributed by atoms with Gasteiger partial charge in [-0.15, -0.1) is 0 Å². The number of hydrogen-bond donors (Lipinski definition) is 0. The summed E-state index contributed by atoms with van der Waals surface area (Å²) in [6, 6.07) is 9.45. The number of benzene rings is 1. The molecule has 2 unspecified atom stereocenters. The van der Waals surface area contributed by atoms with Crippen molar-refractivity contribution >= 4 is 11.6 Å². The molecule has 0 fully saturated rings. The van der Waals surface area contributed by atoms with Gasteiger partial charge >= 0.3 is 6.18 Å². The zero-order valence-corrected chi connectivity index (χ0v) is 13.3. The fourth-order valence-electron chi connectivity index (χ4n) is 1.74. The lowest BCUT2D eigenvalue weighted by Crippen LogP contribution is -2.17. The van der Waals surface area contributed by atoms with Crippen LogP contribution >= 0.6 is 11.6 Å². The summed E-state index contributed by atoms with van der Waals surface area (Å²) >= 11 is 5.09. The Morgan fingerprint density at radius 1 is 1.14 bits per heavy atom. The van der Waals surface area contributed by atoms with E-state index in [4.69, 9.17) is 21.1 Å². The van der Waals surface area contributed by atoms with Gasteiger partial charge in [0.1, 0.15) is 10.8 Å². The highest BCUT2D eigenvalue weighted by Gasteiger charge is 2.31. The lowest BCUT2D eigenvalue weighted by Gasteiger charge is -2.17. The minimum atomic E-state index is -4.51. The highest BCUT2D eigenvalue weighted by molar-refractivity contribution is 6.30. The summed E-state index contributed by atoms with van der Waals surface area (Å²) < 4.78 is 47.5. The van der Waals surface area contributed by atoms with Crippen molar-refractivity contribution in [1.29, 1.82) is 0 Å². The molecule has 0 heterocycles. The molecule has 0 N–H and O–H groups in total. The number of halogens is 4. The van der Waals surface area contributed by atoms with E-state index < -0.39 is 11.2 Å². The molecule has 0 spiro atoms. The van der Waals surface area contributed by atoms with Gasteiger partial charge in [0, 0.05) is 0 Å². The summed E-state index contributed by atoms with van der Waals surface area (Å²) in [4.78, 5) is 0. The van der Waals surface area contributed by atoms with Crippen LogP contribution in [0.1, 0.15) is 26.7 Å². The van der Waals surface area contributed by atoms with Crippen LogP contribution in [0.5, 0.6) is 5.75 Å². The van der Waals surface area contributed by atoms with Gasteiger partial charge in [-0.25, -0.2) is 0 Å². The van der Waals surface area contributed by atoms with Crippen molar-refractivity contribution in [1.82, 2.24) is 0 Å². The van der Waals surface area contributed by atoms with Gasteiger partial charge in [-0.1, -0.05) is 29.8 Å². The maximum Gasteiger partial charge on any atom is 0.426 e. The Kier molecular flexibility index (Phi) is 7.76. The molecule has 0 aliphatic rings. The molecular formula is C16H20ClF3O2. The van der Waals surface area contributed by atoms with Crippen molar-refractivity contribution in [3.63, 3.8) is 0 Å². The third-order valence-corrected chi connectivity index (χ3v) is 3.34. The zero-order valence-electron chi connectivity index (χ0n) is 12.6. The second-order valence-corrected chi connectivity index (χ2v) is 5.42. The van der Waals surface area contributed by atoms with E-state index >= 15 is 0 Å². The van der Waals surface area contributed by atoms with Gasteiger partial charge in [-0.2, -0.15) is 13.2 Å². The fourth-order valence-corrected chi connectivity index (χ4v) is 1.81. The molecule has 0 aliphatic heterocycles. The van der Waals surface area contributed by atoms with Gasteiger partial charge in [0.2, 0.25) is 0 Å². The Bertz CT molecular complexity index is 460. The number of alkyl halides is 3. The zero-order chi connectivity index (χ0) is 16.6. The minimum absolute atomic E-state index is 0.00255. The summed E-state index contributed by atoms with van der Waals surface area (Å²) in [5.41, 5.74) is 0. The molecule has 0 aliphatic carbocycles. The maximum atomic E-state index is 12.2. The SMILES string of the molecule is CC(CCC(C)Oc1ccccc1)OC/C=C(\Cl)C(F)(F)F. The summed E-state index contributed by atoms with van der Waals surface area (Å²) in [7, 11) is 0. The van der Waals surface area contributed by atoms with Crippen molar-refractivity contribution in [3.8, 4) is 5.75 Å². The van der Waals surface area contributed by atoms with E-state index in [2.05, 4.69) is 0 Å². The number of ether oxygens (including phenoxy) is 2. The first kappa shape index (κ1) is 18.8. The van der Waals surface area contributed by atoms with Gasteiger partial charge < -0.3 is 9.47 Å². The second-order valence-electron chi connectivity index (χ2n) is 5.01. The number of hydrogen-bond acceptors (Lipinski definition) is 2. The maximum absolute atomic E-state index is 12.2. The van der Waals surface area contributed by atoms with Crippen molar-refractivity contribution < 1.29 is 22.6 Å². The third-order valence-electron chi connectivity index (χ3n) is 2.97. The van der Waals surface area contributed by atoms with E-state index in [1.807, 2.05) is 44.2 Å². The summed E-state index contributed by atoms with van der Waals surface area (Å²) in [6.45, 7) is 3.60. The van der Waals surface area contributed by atoms with Crippen LogP contribution in [0.15, 0.2) is 41.4 Å².